The van der Waals surface area contributed by atoms with Crippen molar-refractivity contribution < 1.29 is 27.9 Å². The minimum atomic E-state index is -1.11. The summed E-state index contributed by atoms with van der Waals surface area (Å²) in [5, 5.41) is 6.72. The van der Waals surface area contributed by atoms with E-state index in [1.165, 1.54) is 22.8 Å². The summed E-state index contributed by atoms with van der Waals surface area (Å²) in [4.78, 5) is 39.7. The van der Waals surface area contributed by atoms with Gasteiger partial charge in [0.25, 0.3) is 5.91 Å². The van der Waals surface area contributed by atoms with Crippen molar-refractivity contribution in [2.45, 2.75) is 0 Å². The van der Waals surface area contributed by atoms with E-state index >= 15 is 0 Å². The Balaban J connectivity index is 1.43. The van der Waals surface area contributed by atoms with Crippen molar-refractivity contribution in [1.29, 1.82) is 0 Å². The number of amides is 2. The lowest BCUT2D eigenvalue weighted by atomic mass is 10.2. The van der Waals surface area contributed by atoms with Gasteiger partial charge in [-0.15, -0.1) is 11.3 Å². The van der Waals surface area contributed by atoms with E-state index < -0.39 is 42.6 Å². The molecule has 2 amide bonds. The number of hydrogen-bond acceptors (Lipinski definition) is 6. The highest BCUT2D eigenvalue weighted by Crippen LogP contribution is 2.23. The molecule has 0 aliphatic rings. The maximum Gasteiger partial charge on any atom is 0.358 e. The molecule has 0 unspecified atom stereocenters. The Kier molecular flexibility index (Phi) is 6.81. The van der Waals surface area contributed by atoms with E-state index in [0.717, 1.165) is 17.7 Å². The van der Waals surface area contributed by atoms with Crippen LogP contribution in [0.3, 0.4) is 0 Å². The molecule has 1 aromatic heterocycles. The molecule has 0 atom stereocenters. The van der Waals surface area contributed by atoms with E-state index in [0.29, 0.717) is 5.01 Å². The Labute approximate surface area is 173 Å². The second-order valence-electron chi connectivity index (χ2n) is 5.93. The molecule has 0 saturated carbocycles. The summed E-state index contributed by atoms with van der Waals surface area (Å²) in [6, 6.07) is 12.1. The number of anilines is 1. The molecule has 10 heteroatoms. The summed E-state index contributed by atoms with van der Waals surface area (Å²) in [6.45, 7) is -1.04. The van der Waals surface area contributed by atoms with Crippen molar-refractivity contribution in [3.63, 3.8) is 0 Å². The van der Waals surface area contributed by atoms with Gasteiger partial charge in [0.15, 0.2) is 23.9 Å². The number of nitrogens with one attached hydrogen (secondary N) is 2. The molecular formula is C20H15F2N3O4S. The normalized spacial score (nSPS) is 10.3. The Hall–Kier alpha value is -3.66. The van der Waals surface area contributed by atoms with Gasteiger partial charge >= 0.3 is 5.97 Å². The molecule has 0 bridgehead atoms. The van der Waals surface area contributed by atoms with Crippen LogP contribution in [0.15, 0.2) is 53.9 Å². The first kappa shape index (κ1) is 21.1. The molecule has 154 valence electrons. The highest BCUT2D eigenvalue weighted by Gasteiger charge is 2.15. The van der Waals surface area contributed by atoms with Crippen LogP contribution < -0.4 is 10.6 Å². The lowest BCUT2D eigenvalue weighted by Crippen LogP contribution is -2.35. The molecule has 2 aromatic carbocycles. The summed E-state index contributed by atoms with van der Waals surface area (Å²) in [7, 11) is 0. The Morgan fingerprint density at radius 2 is 1.77 bits per heavy atom. The van der Waals surface area contributed by atoms with E-state index in [-0.39, 0.29) is 11.4 Å². The number of nitrogens with zero attached hydrogens (tertiary/aromatic N) is 1. The average Bonchev–Trinajstić information content (AvgIpc) is 3.24. The fraction of sp³-hybridized carbons (Fsp3) is 0.100. The SMILES string of the molecule is O=C(COC(=O)c1csc(-c2ccccc2)n1)NCC(=O)Nc1ccc(F)c(F)c1. The molecule has 3 aromatic rings. The van der Waals surface area contributed by atoms with Crippen LogP contribution in [-0.2, 0) is 14.3 Å². The Morgan fingerprint density at radius 3 is 2.50 bits per heavy atom. The van der Waals surface area contributed by atoms with Crippen molar-refractivity contribution in [2.24, 2.45) is 0 Å². The summed E-state index contributed by atoms with van der Waals surface area (Å²) >= 11 is 1.27. The first-order valence-electron chi connectivity index (χ1n) is 8.62. The highest BCUT2D eigenvalue weighted by atomic mass is 32.1. The zero-order chi connectivity index (χ0) is 21.5. The number of carbonyl (C=O) groups excluding carboxylic acids is 3. The zero-order valence-electron chi connectivity index (χ0n) is 15.4. The monoisotopic (exact) mass is 431 g/mol. The molecule has 2 N–H and O–H groups in total. The van der Waals surface area contributed by atoms with E-state index in [9.17, 15) is 23.2 Å². The van der Waals surface area contributed by atoms with Crippen molar-refractivity contribution in [3.05, 3.63) is 71.2 Å². The van der Waals surface area contributed by atoms with Crippen LogP contribution in [0, 0.1) is 11.6 Å². The molecule has 30 heavy (non-hydrogen) atoms. The van der Waals surface area contributed by atoms with E-state index in [1.807, 2.05) is 30.3 Å². The second kappa shape index (κ2) is 9.70. The maximum atomic E-state index is 13.1. The predicted octanol–water partition coefficient (Wildman–Crippen LogP) is 3.00. The summed E-state index contributed by atoms with van der Waals surface area (Å²) < 4.78 is 30.9. The van der Waals surface area contributed by atoms with Crippen LogP contribution >= 0.6 is 11.3 Å². The minimum absolute atomic E-state index is 0.0392. The van der Waals surface area contributed by atoms with Crippen LogP contribution in [0.2, 0.25) is 0 Å². The molecule has 0 aliphatic carbocycles. The summed E-state index contributed by atoms with van der Waals surface area (Å²) in [6.07, 6.45) is 0. The van der Waals surface area contributed by atoms with Crippen LogP contribution in [0.5, 0.6) is 0 Å². The van der Waals surface area contributed by atoms with Crippen LogP contribution in [0.25, 0.3) is 10.6 Å². The van der Waals surface area contributed by atoms with Gasteiger partial charge < -0.3 is 15.4 Å². The third-order valence-electron chi connectivity index (χ3n) is 3.72. The van der Waals surface area contributed by atoms with Gasteiger partial charge in [-0.3, -0.25) is 9.59 Å². The van der Waals surface area contributed by atoms with Gasteiger partial charge in [-0.05, 0) is 12.1 Å². The maximum absolute atomic E-state index is 13.1. The number of ether oxygens (including phenoxy) is 1. The number of esters is 1. The van der Waals surface area contributed by atoms with Crippen molar-refractivity contribution in [3.8, 4) is 10.6 Å². The molecule has 0 fully saturated rings. The van der Waals surface area contributed by atoms with Gasteiger partial charge in [0.1, 0.15) is 5.01 Å². The van der Waals surface area contributed by atoms with Crippen molar-refractivity contribution >= 4 is 34.8 Å². The number of hydrogen-bond donors (Lipinski definition) is 2. The fourth-order valence-electron chi connectivity index (χ4n) is 2.29. The van der Waals surface area contributed by atoms with Crippen LogP contribution in [-0.4, -0.2) is 35.9 Å². The van der Waals surface area contributed by atoms with Gasteiger partial charge in [-0.25, -0.2) is 18.6 Å². The smallest absolute Gasteiger partial charge is 0.358 e. The third-order valence-corrected chi connectivity index (χ3v) is 4.61. The number of aromatic nitrogens is 1. The van der Waals surface area contributed by atoms with Crippen molar-refractivity contribution in [1.82, 2.24) is 10.3 Å². The number of thiazole rings is 1. The Morgan fingerprint density at radius 1 is 1.00 bits per heavy atom. The lowest BCUT2D eigenvalue weighted by Gasteiger charge is -2.07. The largest absolute Gasteiger partial charge is 0.451 e. The molecule has 3 rings (SSSR count). The van der Waals surface area contributed by atoms with Crippen molar-refractivity contribution in [2.75, 3.05) is 18.5 Å². The number of carbonyl (C=O) groups is 3. The first-order valence-corrected chi connectivity index (χ1v) is 9.50. The van der Waals surface area contributed by atoms with E-state index in [1.54, 1.807) is 0 Å². The van der Waals surface area contributed by atoms with E-state index in [4.69, 9.17) is 4.74 Å². The lowest BCUT2D eigenvalue weighted by molar-refractivity contribution is -0.126. The average molecular weight is 431 g/mol. The van der Waals surface area contributed by atoms with Gasteiger partial charge in [-0.1, -0.05) is 30.3 Å². The summed E-state index contributed by atoms with van der Waals surface area (Å²) in [5.74, 6) is -4.29. The second-order valence-corrected chi connectivity index (χ2v) is 6.79. The summed E-state index contributed by atoms with van der Waals surface area (Å²) in [5.41, 5.74) is 0.964. The van der Waals surface area contributed by atoms with Crippen LogP contribution in [0.1, 0.15) is 10.5 Å². The number of rotatable bonds is 7. The van der Waals surface area contributed by atoms with Gasteiger partial charge in [0, 0.05) is 22.7 Å². The highest BCUT2D eigenvalue weighted by molar-refractivity contribution is 7.13. The molecule has 0 spiro atoms. The molecule has 7 nitrogen and oxygen atoms in total. The molecule has 0 saturated heterocycles. The van der Waals surface area contributed by atoms with Gasteiger partial charge in [0.2, 0.25) is 5.91 Å². The topological polar surface area (TPSA) is 97.4 Å². The number of halogens is 2. The minimum Gasteiger partial charge on any atom is -0.451 e. The van der Waals surface area contributed by atoms with Crippen LogP contribution in [0.4, 0.5) is 14.5 Å². The standard InChI is InChI=1S/C20H15F2N3O4S/c21-14-7-6-13(8-15(14)22)24-17(26)9-23-18(27)10-29-20(28)16-11-30-19(25-16)12-4-2-1-3-5-12/h1-8,11H,9-10H2,(H,23,27)(H,24,26). The molecule has 1 heterocycles. The number of benzene rings is 2. The van der Waals surface area contributed by atoms with E-state index in [2.05, 4.69) is 15.6 Å². The first-order chi connectivity index (χ1) is 14.4. The van der Waals surface area contributed by atoms with Gasteiger partial charge in [0.05, 0.1) is 6.54 Å². The van der Waals surface area contributed by atoms with Gasteiger partial charge in [-0.2, -0.15) is 0 Å². The zero-order valence-corrected chi connectivity index (χ0v) is 16.2. The Bertz CT molecular complexity index is 1070. The predicted molar refractivity (Wildman–Crippen MR) is 106 cm³/mol. The fourth-order valence-corrected chi connectivity index (χ4v) is 3.09. The molecule has 0 aliphatic heterocycles. The molecular weight excluding hydrogens is 416 g/mol. The third kappa shape index (κ3) is 5.67. The molecule has 0 radical (unpaired) electrons. The quantitative estimate of drug-likeness (QED) is 0.561.